The fraction of sp³-hybridized carbons (Fsp3) is 0.455. The Morgan fingerprint density at radius 1 is 1.28 bits per heavy atom. The highest BCUT2D eigenvalue weighted by Gasteiger charge is 2.15. The molecule has 0 unspecified atom stereocenters. The molecule has 0 atom stereocenters. The standard InChI is InChI=1S/C11H15NO4S2/c1-18(13,14)5-4-17-11-7-10-9(6-8(11)12)15-2-3-16-10/h6-7H,2-5,12H2,1H3. The molecule has 100 valence electrons. The van der Waals surface area contributed by atoms with E-state index in [1.165, 1.54) is 18.0 Å². The summed E-state index contributed by atoms with van der Waals surface area (Å²) in [4.78, 5) is 0.822. The van der Waals surface area contributed by atoms with E-state index in [1.54, 1.807) is 12.1 Å². The molecular formula is C11H15NO4S2. The molecule has 0 aliphatic carbocycles. The van der Waals surface area contributed by atoms with Crippen molar-refractivity contribution in [2.75, 3.05) is 36.7 Å². The first-order chi connectivity index (χ1) is 8.46. The first-order valence-electron chi connectivity index (χ1n) is 5.45. The Hall–Kier alpha value is -1.08. The van der Waals surface area contributed by atoms with E-state index in [2.05, 4.69) is 0 Å². The van der Waals surface area contributed by atoms with Crippen molar-refractivity contribution in [1.82, 2.24) is 0 Å². The Balaban J connectivity index is 2.09. The summed E-state index contributed by atoms with van der Waals surface area (Å²) in [6, 6.07) is 3.52. The third-order valence-corrected chi connectivity index (χ3v) is 4.66. The van der Waals surface area contributed by atoms with E-state index in [4.69, 9.17) is 15.2 Å². The monoisotopic (exact) mass is 289 g/mol. The van der Waals surface area contributed by atoms with E-state index >= 15 is 0 Å². The molecule has 7 heteroatoms. The van der Waals surface area contributed by atoms with Crippen molar-refractivity contribution in [3.8, 4) is 11.5 Å². The lowest BCUT2D eigenvalue weighted by Crippen LogP contribution is -2.15. The maximum atomic E-state index is 11.0. The van der Waals surface area contributed by atoms with Gasteiger partial charge in [-0.3, -0.25) is 0 Å². The predicted molar refractivity (Wildman–Crippen MR) is 72.3 cm³/mol. The van der Waals surface area contributed by atoms with E-state index in [0.717, 1.165) is 4.90 Å². The highest BCUT2D eigenvalue weighted by molar-refractivity contribution is 8.00. The zero-order valence-electron chi connectivity index (χ0n) is 10.0. The molecule has 0 aromatic heterocycles. The second kappa shape index (κ2) is 5.27. The molecule has 2 N–H and O–H groups in total. The van der Waals surface area contributed by atoms with Gasteiger partial charge in [-0.1, -0.05) is 0 Å². The number of nitrogen functional groups attached to an aromatic ring is 1. The molecule has 0 saturated carbocycles. The van der Waals surface area contributed by atoms with E-state index < -0.39 is 9.84 Å². The lowest BCUT2D eigenvalue weighted by atomic mass is 10.2. The van der Waals surface area contributed by atoms with Crippen molar-refractivity contribution in [3.63, 3.8) is 0 Å². The number of fused-ring (bicyclic) bond motifs is 1. The molecule has 2 rings (SSSR count). The van der Waals surface area contributed by atoms with Gasteiger partial charge in [-0.2, -0.15) is 0 Å². The summed E-state index contributed by atoms with van der Waals surface area (Å²) in [7, 11) is -2.94. The van der Waals surface area contributed by atoms with Gasteiger partial charge in [-0.15, -0.1) is 11.8 Å². The molecule has 0 bridgehead atoms. The molecule has 1 aliphatic rings. The van der Waals surface area contributed by atoms with Gasteiger partial charge in [0.1, 0.15) is 23.1 Å². The van der Waals surface area contributed by atoms with Crippen LogP contribution in [0, 0.1) is 0 Å². The van der Waals surface area contributed by atoms with Gasteiger partial charge in [-0.05, 0) is 6.07 Å². The molecule has 0 amide bonds. The molecule has 1 aromatic carbocycles. The van der Waals surface area contributed by atoms with Crippen LogP contribution in [0.3, 0.4) is 0 Å². The molecule has 1 aromatic rings. The van der Waals surface area contributed by atoms with Crippen molar-refractivity contribution in [2.24, 2.45) is 0 Å². The summed E-state index contributed by atoms with van der Waals surface area (Å²) in [5.74, 6) is 1.91. The van der Waals surface area contributed by atoms with Crippen LogP contribution >= 0.6 is 11.8 Å². The van der Waals surface area contributed by atoms with Gasteiger partial charge in [0.05, 0.1) is 5.75 Å². The van der Waals surface area contributed by atoms with Crippen LogP contribution in [0.15, 0.2) is 17.0 Å². The predicted octanol–water partition coefficient (Wildman–Crippen LogP) is 1.18. The molecule has 0 saturated heterocycles. The number of thioether (sulfide) groups is 1. The van der Waals surface area contributed by atoms with Crippen LogP contribution in [-0.4, -0.2) is 39.4 Å². The summed E-state index contributed by atoms with van der Waals surface area (Å²) in [5.41, 5.74) is 6.47. The highest BCUT2D eigenvalue weighted by atomic mass is 32.2. The third-order valence-electron chi connectivity index (χ3n) is 2.39. The molecule has 5 nitrogen and oxygen atoms in total. The number of sulfone groups is 1. The van der Waals surface area contributed by atoms with E-state index in [0.29, 0.717) is 36.2 Å². The minimum absolute atomic E-state index is 0.131. The van der Waals surface area contributed by atoms with Gasteiger partial charge in [0.2, 0.25) is 0 Å². The summed E-state index contributed by atoms with van der Waals surface area (Å²) in [6.45, 7) is 1.04. The zero-order valence-corrected chi connectivity index (χ0v) is 11.6. The number of nitrogens with two attached hydrogens (primary N) is 1. The molecule has 18 heavy (non-hydrogen) atoms. The number of ether oxygens (including phenoxy) is 2. The molecule has 0 radical (unpaired) electrons. The first-order valence-corrected chi connectivity index (χ1v) is 8.50. The van der Waals surface area contributed by atoms with Gasteiger partial charge >= 0.3 is 0 Å². The van der Waals surface area contributed by atoms with Crippen molar-refractivity contribution in [3.05, 3.63) is 12.1 Å². The SMILES string of the molecule is CS(=O)(=O)CCSc1cc2c(cc1N)OCCO2. The zero-order chi connectivity index (χ0) is 13.2. The Morgan fingerprint density at radius 3 is 2.50 bits per heavy atom. The minimum Gasteiger partial charge on any atom is -0.486 e. The topological polar surface area (TPSA) is 78.6 Å². The Bertz CT molecular complexity index is 542. The number of benzene rings is 1. The van der Waals surface area contributed by atoms with Crippen LogP contribution in [0.4, 0.5) is 5.69 Å². The van der Waals surface area contributed by atoms with Crippen LogP contribution in [0.25, 0.3) is 0 Å². The fourth-order valence-corrected chi connectivity index (χ4v) is 3.69. The molecule has 0 spiro atoms. The molecule has 1 heterocycles. The van der Waals surface area contributed by atoms with Crippen molar-refractivity contribution >= 4 is 27.3 Å². The van der Waals surface area contributed by atoms with Crippen LogP contribution in [-0.2, 0) is 9.84 Å². The van der Waals surface area contributed by atoms with E-state index in [9.17, 15) is 8.42 Å². The highest BCUT2D eigenvalue weighted by Crippen LogP contribution is 2.38. The third kappa shape index (κ3) is 3.46. The van der Waals surface area contributed by atoms with Gasteiger partial charge in [0.15, 0.2) is 11.5 Å². The summed E-state index contributed by atoms with van der Waals surface area (Å²) in [6.07, 6.45) is 1.22. The second-order valence-electron chi connectivity index (χ2n) is 4.01. The largest absolute Gasteiger partial charge is 0.486 e. The number of hydrogen-bond donors (Lipinski definition) is 1. The van der Waals surface area contributed by atoms with Gasteiger partial charge in [0, 0.05) is 28.7 Å². The maximum Gasteiger partial charge on any atom is 0.163 e. The van der Waals surface area contributed by atoms with Crippen LogP contribution < -0.4 is 15.2 Å². The van der Waals surface area contributed by atoms with Crippen molar-refractivity contribution < 1.29 is 17.9 Å². The quantitative estimate of drug-likeness (QED) is 0.662. The number of rotatable bonds is 4. The van der Waals surface area contributed by atoms with Crippen LogP contribution in [0.1, 0.15) is 0 Å². The summed E-state index contributed by atoms with van der Waals surface area (Å²) < 4.78 is 33.0. The molecule has 1 aliphatic heterocycles. The lowest BCUT2D eigenvalue weighted by Gasteiger charge is -2.19. The van der Waals surface area contributed by atoms with Crippen molar-refractivity contribution in [2.45, 2.75) is 4.90 Å². The number of anilines is 1. The second-order valence-corrected chi connectivity index (χ2v) is 7.41. The van der Waals surface area contributed by atoms with Crippen molar-refractivity contribution in [1.29, 1.82) is 0 Å². The Morgan fingerprint density at radius 2 is 1.89 bits per heavy atom. The minimum atomic E-state index is -2.94. The maximum absolute atomic E-state index is 11.0. The van der Waals surface area contributed by atoms with Gasteiger partial charge in [-0.25, -0.2) is 8.42 Å². The summed E-state index contributed by atoms with van der Waals surface area (Å²) >= 11 is 1.41. The first kappa shape index (κ1) is 13.4. The van der Waals surface area contributed by atoms with Gasteiger partial charge < -0.3 is 15.2 Å². The van der Waals surface area contributed by atoms with Crippen LogP contribution in [0.2, 0.25) is 0 Å². The van der Waals surface area contributed by atoms with Gasteiger partial charge in [0.25, 0.3) is 0 Å². The molecule has 0 fully saturated rings. The normalized spacial score (nSPS) is 14.5. The van der Waals surface area contributed by atoms with Crippen LogP contribution in [0.5, 0.6) is 11.5 Å². The fourth-order valence-electron chi connectivity index (χ4n) is 1.51. The van der Waals surface area contributed by atoms with E-state index in [1.807, 2.05) is 0 Å². The smallest absolute Gasteiger partial charge is 0.163 e. The molecular weight excluding hydrogens is 274 g/mol. The lowest BCUT2D eigenvalue weighted by molar-refractivity contribution is 0.171. The average molecular weight is 289 g/mol. The number of hydrogen-bond acceptors (Lipinski definition) is 6. The van der Waals surface area contributed by atoms with E-state index in [-0.39, 0.29) is 5.75 Å². The Labute approximate surface area is 111 Å². The summed E-state index contributed by atoms with van der Waals surface area (Å²) in [5, 5.41) is 0. The average Bonchev–Trinajstić information content (AvgIpc) is 2.28. The Kier molecular flexibility index (Phi) is 3.91.